The second-order valence-electron chi connectivity index (χ2n) is 7.50. The Morgan fingerprint density at radius 1 is 1.27 bits per heavy atom. The van der Waals surface area contributed by atoms with Crippen LogP contribution in [-0.2, 0) is 4.79 Å². The molecule has 1 aliphatic heterocycles. The van der Waals surface area contributed by atoms with E-state index in [-0.39, 0.29) is 18.0 Å². The molecular weight excluding hydrogens is 374 g/mol. The van der Waals surface area contributed by atoms with Gasteiger partial charge in [-0.15, -0.1) is 0 Å². The number of amides is 1. The second-order valence-corrected chi connectivity index (χ2v) is 7.50. The first-order valence-electron chi connectivity index (χ1n) is 10.1. The fourth-order valence-corrected chi connectivity index (χ4v) is 4.07. The molecule has 1 aliphatic rings. The van der Waals surface area contributed by atoms with Crippen molar-refractivity contribution in [1.82, 2.24) is 10.2 Å². The van der Waals surface area contributed by atoms with Crippen molar-refractivity contribution in [3.05, 3.63) is 65.9 Å². The van der Waals surface area contributed by atoms with Crippen LogP contribution in [0.3, 0.4) is 0 Å². The second kappa shape index (κ2) is 8.44. The average molecular weight is 399 g/mol. The minimum Gasteiger partial charge on any atom is -0.378 e. The predicted octanol–water partition coefficient (Wildman–Crippen LogP) is 3.69. The summed E-state index contributed by atoms with van der Waals surface area (Å²) in [5, 5.41) is 10.7. The molecular formula is C24H25N5O. The highest BCUT2D eigenvalue weighted by atomic mass is 16.2. The number of anilines is 2. The molecule has 6 heteroatoms. The highest BCUT2D eigenvalue weighted by Gasteiger charge is 2.32. The molecule has 0 unspecified atom stereocenters. The summed E-state index contributed by atoms with van der Waals surface area (Å²) in [4.78, 5) is 14.2. The highest BCUT2D eigenvalue weighted by Crippen LogP contribution is 2.40. The number of hydrogen-bond acceptors (Lipinski definition) is 4. The van der Waals surface area contributed by atoms with E-state index in [4.69, 9.17) is 5.73 Å². The fraction of sp³-hybridized carbons (Fsp3) is 0.250. The summed E-state index contributed by atoms with van der Waals surface area (Å²) in [5.74, 6) is 5.97. The van der Waals surface area contributed by atoms with E-state index in [0.717, 1.165) is 40.2 Å². The number of aromatic nitrogens is 2. The minimum atomic E-state index is 0.0549. The molecule has 30 heavy (non-hydrogen) atoms. The fourth-order valence-electron chi connectivity index (χ4n) is 4.07. The minimum absolute atomic E-state index is 0.0549. The predicted molar refractivity (Wildman–Crippen MR) is 120 cm³/mol. The zero-order valence-electron chi connectivity index (χ0n) is 17.1. The molecule has 1 amide bonds. The number of nitrogens with two attached hydrogens (primary N) is 1. The molecule has 2 aromatic carbocycles. The molecule has 0 fully saturated rings. The Morgan fingerprint density at radius 3 is 2.73 bits per heavy atom. The smallest absolute Gasteiger partial charge is 0.224 e. The average Bonchev–Trinajstić information content (AvgIpc) is 3.27. The van der Waals surface area contributed by atoms with Crippen molar-refractivity contribution in [3.63, 3.8) is 0 Å². The molecule has 4 rings (SSSR count). The summed E-state index contributed by atoms with van der Waals surface area (Å²) in [7, 11) is 0. The molecule has 0 saturated carbocycles. The van der Waals surface area contributed by atoms with Gasteiger partial charge in [0.05, 0.1) is 18.3 Å². The lowest BCUT2D eigenvalue weighted by molar-refractivity contribution is -0.117. The van der Waals surface area contributed by atoms with Gasteiger partial charge >= 0.3 is 0 Å². The van der Waals surface area contributed by atoms with Crippen molar-refractivity contribution >= 4 is 17.3 Å². The number of hydrogen-bond donors (Lipinski definition) is 3. The number of carbonyl (C=O) groups excluding carboxylic acids is 1. The number of nitrogens with one attached hydrogen (secondary N) is 2. The molecule has 2 heterocycles. The molecule has 0 bridgehead atoms. The standard InChI is InChI=1S/C24H25N5O/c1-16-14-23(27-20-8-5-18(6-9-20)4-3-12-25)21-15-19(22-11-13-26-28-22)7-10-24(21)29(16)17(2)30/h5-11,13,15-16,23,27H,12,14,25H2,1-2H3,(H,26,28)/t16-,23+/m0/s1. The van der Waals surface area contributed by atoms with Crippen molar-refractivity contribution in [2.45, 2.75) is 32.4 Å². The molecule has 152 valence electrons. The zero-order chi connectivity index (χ0) is 21.1. The Kier molecular flexibility index (Phi) is 5.55. The number of carbonyl (C=O) groups is 1. The van der Waals surface area contributed by atoms with E-state index in [9.17, 15) is 4.79 Å². The molecule has 4 N–H and O–H groups in total. The first-order valence-corrected chi connectivity index (χ1v) is 10.1. The Morgan fingerprint density at radius 2 is 2.07 bits per heavy atom. The number of fused-ring (bicyclic) bond motifs is 1. The first kappa shape index (κ1) is 19.7. The van der Waals surface area contributed by atoms with Crippen LogP contribution in [-0.4, -0.2) is 28.7 Å². The van der Waals surface area contributed by atoms with E-state index in [1.54, 1.807) is 13.1 Å². The molecule has 3 aromatic rings. The quantitative estimate of drug-likeness (QED) is 0.586. The van der Waals surface area contributed by atoms with E-state index < -0.39 is 0 Å². The summed E-state index contributed by atoms with van der Waals surface area (Å²) < 4.78 is 0. The molecule has 1 aromatic heterocycles. The maximum atomic E-state index is 12.3. The monoisotopic (exact) mass is 399 g/mol. The van der Waals surface area contributed by atoms with Crippen LogP contribution in [0.1, 0.15) is 37.4 Å². The van der Waals surface area contributed by atoms with Crippen molar-refractivity contribution < 1.29 is 4.79 Å². The van der Waals surface area contributed by atoms with Gasteiger partial charge in [-0.25, -0.2) is 0 Å². The van der Waals surface area contributed by atoms with Gasteiger partial charge in [-0.2, -0.15) is 5.10 Å². The number of rotatable bonds is 3. The number of nitrogens with zero attached hydrogens (tertiary/aromatic N) is 2. The van der Waals surface area contributed by atoms with E-state index in [0.29, 0.717) is 6.54 Å². The first-order chi connectivity index (χ1) is 14.6. The maximum Gasteiger partial charge on any atom is 0.224 e. The number of aromatic amines is 1. The Bertz CT molecular complexity index is 1090. The third kappa shape index (κ3) is 3.93. The van der Waals surface area contributed by atoms with Crippen LogP contribution in [0.4, 0.5) is 11.4 Å². The van der Waals surface area contributed by atoms with E-state index in [1.165, 1.54) is 0 Å². The third-order valence-electron chi connectivity index (χ3n) is 5.39. The van der Waals surface area contributed by atoms with Gasteiger partial charge in [0.1, 0.15) is 0 Å². The summed E-state index contributed by atoms with van der Waals surface area (Å²) in [6, 6.07) is 16.4. The van der Waals surface area contributed by atoms with Gasteiger partial charge in [0, 0.05) is 41.7 Å². The molecule has 0 radical (unpaired) electrons. The Balaban J connectivity index is 1.69. The lowest BCUT2D eigenvalue weighted by atomic mass is 9.89. The lowest BCUT2D eigenvalue weighted by Gasteiger charge is -2.39. The van der Waals surface area contributed by atoms with Crippen molar-refractivity contribution in [2.24, 2.45) is 5.73 Å². The van der Waals surface area contributed by atoms with Crippen molar-refractivity contribution in [3.8, 4) is 23.1 Å². The molecule has 0 aliphatic carbocycles. The van der Waals surface area contributed by atoms with Crippen LogP contribution < -0.4 is 16.0 Å². The molecule has 0 saturated heterocycles. The largest absolute Gasteiger partial charge is 0.378 e. The van der Waals surface area contributed by atoms with Gasteiger partial charge in [-0.05, 0) is 61.4 Å². The van der Waals surface area contributed by atoms with Gasteiger partial charge in [0.25, 0.3) is 0 Å². The van der Waals surface area contributed by atoms with E-state index in [2.05, 4.69) is 40.3 Å². The van der Waals surface area contributed by atoms with Gasteiger partial charge in [-0.1, -0.05) is 17.9 Å². The molecule has 6 nitrogen and oxygen atoms in total. The topological polar surface area (TPSA) is 87.0 Å². The van der Waals surface area contributed by atoms with Crippen LogP contribution >= 0.6 is 0 Å². The molecule has 0 spiro atoms. The van der Waals surface area contributed by atoms with Crippen molar-refractivity contribution in [1.29, 1.82) is 0 Å². The van der Waals surface area contributed by atoms with Gasteiger partial charge in [0.15, 0.2) is 0 Å². The lowest BCUT2D eigenvalue weighted by Crippen LogP contribution is -2.43. The van der Waals surface area contributed by atoms with Crippen LogP contribution in [0.5, 0.6) is 0 Å². The summed E-state index contributed by atoms with van der Waals surface area (Å²) in [5.41, 5.74) is 11.4. The summed E-state index contributed by atoms with van der Waals surface area (Å²) in [6.45, 7) is 4.06. The van der Waals surface area contributed by atoms with Gasteiger partial charge in [-0.3, -0.25) is 9.89 Å². The number of benzene rings is 2. The Hall–Kier alpha value is -3.56. The van der Waals surface area contributed by atoms with Crippen molar-refractivity contribution in [2.75, 3.05) is 16.8 Å². The molecule has 2 atom stereocenters. The maximum absolute atomic E-state index is 12.3. The highest BCUT2D eigenvalue weighted by molar-refractivity contribution is 5.94. The van der Waals surface area contributed by atoms with E-state index >= 15 is 0 Å². The van der Waals surface area contributed by atoms with Gasteiger partial charge in [0.2, 0.25) is 5.91 Å². The van der Waals surface area contributed by atoms with Gasteiger partial charge < -0.3 is 16.0 Å². The normalized spacial score (nSPS) is 17.6. The number of H-pyrrole nitrogens is 1. The summed E-state index contributed by atoms with van der Waals surface area (Å²) in [6.07, 6.45) is 2.55. The zero-order valence-corrected chi connectivity index (χ0v) is 17.1. The SMILES string of the molecule is CC(=O)N1c2ccc(-c3ccn[nH]3)cc2[C@H](Nc2ccc(C#CCN)cc2)C[C@@H]1C. The van der Waals surface area contributed by atoms with Crippen LogP contribution in [0.2, 0.25) is 0 Å². The third-order valence-corrected chi connectivity index (χ3v) is 5.39. The van der Waals surface area contributed by atoms with E-state index in [1.807, 2.05) is 47.4 Å². The van der Waals surface area contributed by atoms with Crippen LogP contribution in [0.25, 0.3) is 11.3 Å². The Labute approximate surface area is 176 Å². The summed E-state index contributed by atoms with van der Waals surface area (Å²) >= 11 is 0. The van der Waals surface area contributed by atoms with Crippen LogP contribution in [0.15, 0.2) is 54.7 Å². The van der Waals surface area contributed by atoms with Crippen LogP contribution in [0, 0.1) is 11.8 Å².